The number of aliphatic carboxylic acids is 1. The molecule has 2 aromatic rings. The standard InChI is InChI=1S/C19H21NO6/c1-19(2,3)26-18(24)20-15(17(22)23)8-12-4-6-14(7-5-12)16-9-13(10-21)11-25-16/h4-7,9-11,15H,8H2,1-3H3,(H,20,24)(H,22,23)/t15-/m0/s1. The summed E-state index contributed by atoms with van der Waals surface area (Å²) in [6.45, 7) is 5.10. The second-order valence-electron chi connectivity index (χ2n) is 6.80. The molecule has 0 saturated heterocycles. The van der Waals surface area contributed by atoms with E-state index >= 15 is 0 Å². The van der Waals surface area contributed by atoms with Gasteiger partial charge in [-0.15, -0.1) is 0 Å². The molecule has 1 aromatic heterocycles. The van der Waals surface area contributed by atoms with Crippen molar-refractivity contribution < 1.29 is 28.6 Å². The molecule has 0 aliphatic rings. The van der Waals surface area contributed by atoms with Gasteiger partial charge in [-0.1, -0.05) is 24.3 Å². The minimum Gasteiger partial charge on any atom is -0.480 e. The monoisotopic (exact) mass is 359 g/mol. The van der Waals surface area contributed by atoms with E-state index in [9.17, 15) is 19.5 Å². The molecular formula is C19H21NO6. The van der Waals surface area contributed by atoms with Gasteiger partial charge in [-0.2, -0.15) is 0 Å². The summed E-state index contributed by atoms with van der Waals surface area (Å²) in [6, 6.07) is 7.51. The van der Waals surface area contributed by atoms with E-state index in [2.05, 4.69) is 5.32 Å². The lowest BCUT2D eigenvalue weighted by Gasteiger charge is -2.22. The molecule has 0 saturated carbocycles. The summed E-state index contributed by atoms with van der Waals surface area (Å²) in [4.78, 5) is 33.9. The van der Waals surface area contributed by atoms with Gasteiger partial charge in [0.15, 0.2) is 6.29 Å². The fourth-order valence-corrected chi connectivity index (χ4v) is 2.25. The van der Waals surface area contributed by atoms with Crippen molar-refractivity contribution >= 4 is 18.3 Å². The number of amides is 1. The van der Waals surface area contributed by atoms with Crippen LogP contribution in [-0.4, -0.2) is 35.1 Å². The van der Waals surface area contributed by atoms with Crippen LogP contribution in [0.25, 0.3) is 11.3 Å². The van der Waals surface area contributed by atoms with Gasteiger partial charge in [0.2, 0.25) is 0 Å². The van der Waals surface area contributed by atoms with E-state index < -0.39 is 23.7 Å². The second kappa shape index (κ2) is 7.86. The van der Waals surface area contributed by atoms with Crippen LogP contribution < -0.4 is 5.32 Å². The highest BCUT2D eigenvalue weighted by atomic mass is 16.6. The van der Waals surface area contributed by atoms with Gasteiger partial charge >= 0.3 is 12.1 Å². The first-order chi connectivity index (χ1) is 12.2. The number of aldehydes is 1. The van der Waals surface area contributed by atoms with Gasteiger partial charge in [-0.05, 0) is 32.4 Å². The number of furan rings is 1. The van der Waals surface area contributed by atoms with E-state index in [1.165, 1.54) is 6.26 Å². The van der Waals surface area contributed by atoms with Crippen molar-refractivity contribution in [3.63, 3.8) is 0 Å². The van der Waals surface area contributed by atoms with Crippen molar-refractivity contribution in [3.8, 4) is 11.3 Å². The first kappa shape index (κ1) is 19.2. The van der Waals surface area contributed by atoms with Crippen LogP contribution in [0.1, 0.15) is 36.7 Å². The number of carboxylic acid groups (broad SMARTS) is 1. The number of ether oxygens (including phenoxy) is 1. The summed E-state index contributed by atoms with van der Waals surface area (Å²) in [5, 5.41) is 11.7. The molecule has 138 valence electrons. The zero-order chi connectivity index (χ0) is 19.3. The minimum atomic E-state index is -1.15. The zero-order valence-corrected chi connectivity index (χ0v) is 14.8. The molecule has 7 heteroatoms. The highest BCUT2D eigenvalue weighted by Gasteiger charge is 2.24. The quantitative estimate of drug-likeness (QED) is 0.767. The molecule has 0 bridgehead atoms. The Morgan fingerprint density at radius 3 is 2.42 bits per heavy atom. The van der Waals surface area contributed by atoms with E-state index in [1.54, 1.807) is 51.1 Å². The van der Waals surface area contributed by atoms with Crippen molar-refractivity contribution in [2.75, 3.05) is 0 Å². The number of alkyl carbamates (subject to hydrolysis) is 1. The van der Waals surface area contributed by atoms with Gasteiger partial charge in [-0.3, -0.25) is 4.79 Å². The lowest BCUT2D eigenvalue weighted by molar-refractivity contribution is -0.139. The number of carbonyl (C=O) groups is 3. The molecule has 1 amide bonds. The van der Waals surface area contributed by atoms with E-state index in [0.29, 0.717) is 17.6 Å². The number of benzene rings is 1. The molecule has 0 spiro atoms. The lowest BCUT2D eigenvalue weighted by Crippen LogP contribution is -2.44. The van der Waals surface area contributed by atoms with Gasteiger partial charge in [-0.25, -0.2) is 9.59 Å². The zero-order valence-electron chi connectivity index (χ0n) is 14.8. The number of hydrogen-bond acceptors (Lipinski definition) is 5. The van der Waals surface area contributed by atoms with Crippen LogP contribution in [-0.2, 0) is 16.0 Å². The maximum Gasteiger partial charge on any atom is 0.408 e. The predicted octanol–water partition coefficient (Wildman–Crippen LogP) is 3.28. The molecule has 2 N–H and O–H groups in total. The normalized spacial score (nSPS) is 12.3. The third-order valence-electron chi connectivity index (χ3n) is 3.42. The molecule has 7 nitrogen and oxygen atoms in total. The Balaban J connectivity index is 2.05. The Kier molecular flexibility index (Phi) is 5.82. The van der Waals surface area contributed by atoms with Gasteiger partial charge < -0.3 is 19.6 Å². The van der Waals surface area contributed by atoms with Crippen LogP contribution in [0.3, 0.4) is 0 Å². The summed E-state index contributed by atoms with van der Waals surface area (Å²) in [5.74, 6) is -0.609. The van der Waals surface area contributed by atoms with Crippen LogP contribution in [0.5, 0.6) is 0 Å². The van der Waals surface area contributed by atoms with Gasteiger partial charge in [0, 0.05) is 12.0 Å². The van der Waals surface area contributed by atoms with Gasteiger partial charge in [0.25, 0.3) is 0 Å². The highest BCUT2D eigenvalue weighted by Crippen LogP contribution is 2.22. The molecule has 1 atom stereocenters. The SMILES string of the molecule is CC(C)(C)OC(=O)N[C@@H](Cc1ccc(-c2cc(C=O)co2)cc1)C(=O)O. The van der Waals surface area contributed by atoms with Crippen molar-refractivity contribution in [3.05, 3.63) is 47.7 Å². The second-order valence-corrected chi connectivity index (χ2v) is 6.80. The average molecular weight is 359 g/mol. The lowest BCUT2D eigenvalue weighted by atomic mass is 10.0. The summed E-state index contributed by atoms with van der Waals surface area (Å²) in [7, 11) is 0. The number of hydrogen-bond donors (Lipinski definition) is 2. The highest BCUT2D eigenvalue weighted by molar-refractivity contribution is 5.80. The van der Waals surface area contributed by atoms with Crippen molar-refractivity contribution in [2.24, 2.45) is 0 Å². The topological polar surface area (TPSA) is 106 Å². The Labute approximate surface area is 151 Å². The van der Waals surface area contributed by atoms with Gasteiger partial charge in [0.05, 0.1) is 5.56 Å². The van der Waals surface area contributed by atoms with E-state index in [4.69, 9.17) is 9.15 Å². The first-order valence-electron chi connectivity index (χ1n) is 8.03. The molecule has 0 fully saturated rings. The molecule has 1 heterocycles. The third kappa shape index (κ3) is 5.47. The Morgan fingerprint density at radius 1 is 1.27 bits per heavy atom. The van der Waals surface area contributed by atoms with Crippen LogP contribution in [0.4, 0.5) is 4.79 Å². The first-order valence-corrected chi connectivity index (χ1v) is 8.03. The van der Waals surface area contributed by atoms with Crippen molar-refractivity contribution in [1.82, 2.24) is 5.32 Å². The maximum absolute atomic E-state index is 11.8. The number of nitrogens with one attached hydrogen (secondary N) is 1. The summed E-state index contributed by atoms with van der Waals surface area (Å²) in [6.07, 6.45) is 1.38. The maximum atomic E-state index is 11.8. The molecular weight excluding hydrogens is 338 g/mol. The van der Waals surface area contributed by atoms with E-state index in [-0.39, 0.29) is 6.42 Å². The Bertz CT molecular complexity index is 785. The summed E-state index contributed by atoms with van der Waals surface area (Å²) >= 11 is 0. The van der Waals surface area contributed by atoms with Crippen LogP contribution in [0.2, 0.25) is 0 Å². The molecule has 0 radical (unpaired) electrons. The molecule has 0 aliphatic carbocycles. The molecule has 0 unspecified atom stereocenters. The van der Waals surface area contributed by atoms with Crippen LogP contribution in [0, 0.1) is 0 Å². The summed E-state index contributed by atoms with van der Waals surface area (Å²) in [5.41, 5.74) is 1.21. The predicted molar refractivity (Wildman–Crippen MR) is 94.0 cm³/mol. The van der Waals surface area contributed by atoms with Crippen molar-refractivity contribution in [1.29, 1.82) is 0 Å². The molecule has 0 aliphatic heterocycles. The Hall–Kier alpha value is -3.09. The smallest absolute Gasteiger partial charge is 0.408 e. The molecule has 2 rings (SSSR count). The van der Waals surface area contributed by atoms with Gasteiger partial charge in [0.1, 0.15) is 23.7 Å². The van der Waals surface area contributed by atoms with E-state index in [1.807, 2.05) is 0 Å². The number of carbonyl (C=O) groups excluding carboxylic acids is 2. The fraction of sp³-hybridized carbons (Fsp3) is 0.316. The minimum absolute atomic E-state index is 0.104. The average Bonchev–Trinajstić information content (AvgIpc) is 3.02. The van der Waals surface area contributed by atoms with E-state index in [0.717, 1.165) is 11.1 Å². The molecule has 26 heavy (non-hydrogen) atoms. The third-order valence-corrected chi connectivity index (χ3v) is 3.42. The Morgan fingerprint density at radius 2 is 1.92 bits per heavy atom. The van der Waals surface area contributed by atoms with Crippen LogP contribution >= 0.6 is 0 Å². The van der Waals surface area contributed by atoms with Crippen molar-refractivity contribution in [2.45, 2.75) is 38.8 Å². The molecule has 1 aromatic carbocycles. The fourth-order valence-electron chi connectivity index (χ4n) is 2.25. The van der Waals surface area contributed by atoms with Crippen LogP contribution in [0.15, 0.2) is 41.0 Å². The number of rotatable bonds is 6. The number of carboxylic acids is 1. The largest absolute Gasteiger partial charge is 0.480 e. The summed E-state index contributed by atoms with van der Waals surface area (Å²) < 4.78 is 10.4.